The fraction of sp³-hybridized carbons (Fsp3) is 0.353. The highest BCUT2D eigenvalue weighted by molar-refractivity contribution is 9.10. The molecule has 1 atom stereocenters. The molecule has 4 heteroatoms. The zero-order valence-electron chi connectivity index (χ0n) is 12.6. The van der Waals surface area contributed by atoms with Crippen LogP contribution < -0.4 is 4.74 Å². The smallest absolute Gasteiger partial charge is 0.128 e. The third-order valence-corrected chi connectivity index (χ3v) is 4.03. The standard InChI is InChI=1S/C17H20BrNO2/c1-11-10-19-16(12(2)17(11)21-3)9-15(20)8-13-5-4-6-14(18)7-13/h4-7,10,15,20H,8-9H2,1-3H3. The van der Waals surface area contributed by atoms with Crippen LogP contribution in [0.2, 0.25) is 0 Å². The Hall–Kier alpha value is -1.39. The number of hydrogen-bond donors (Lipinski definition) is 1. The van der Waals surface area contributed by atoms with E-state index in [2.05, 4.69) is 20.9 Å². The van der Waals surface area contributed by atoms with Crippen LogP contribution in [-0.2, 0) is 12.8 Å². The van der Waals surface area contributed by atoms with Gasteiger partial charge in [0.05, 0.1) is 13.2 Å². The second-order valence-electron chi connectivity index (χ2n) is 5.24. The van der Waals surface area contributed by atoms with Crippen LogP contribution in [0.5, 0.6) is 5.75 Å². The Balaban J connectivity index is 2.11. The molecule has 1 unspecified atom stereocenters. The van der Waals surface area contributed by atoms with E-state index in [1.807, 2.05) is 38.1 Å². The molecule has 21 heavy (non-hydrogen) atoms. The summed E-state index contributed by atoms with van der Waals surface area (Å²) in [7, 11) is 1.66. The summed E-state index contributed by atoms with van der Waals surface area (Å²) in [6.45, 7) is 3.96. The number of rotatable bonds is 5. The van der Waals surface area contributed by atoms with E-state index in [-0.39, 0.29) is 0 Å². The zero-order valence-corrected chi connectivity index (χ0v) is 14.1. The summed E-state index contributed by atoms with van der Waals surface area (Å²) in [5.74, 6) is 0.856. The summed E-state index contributed by atoms with van der Waals surface area (Å²) < 4.78 is 6.43. The highest BCUT2D eigenvalue weighted by Gasteiger charge is 2.14. The lowest BCUT2D eigenvalue weighted by molar-refractivity contribution is 0.174. The molecule has 0 aliphatic carbocycles. The molecule has 112 valence electrons. The average molecular weight is 350 g/mol. The van der Waals surface area contributed by atoms with Crippen molar-refractivity contribution in [3.05, 3.63) is 57.3 Å². The first kappa shape index (κ1) is 16.0. The van der Waals surface area contributed by atoms with E-state index < -0.39 is 6.10 Å². The number of aliphatic hydroxyl groups excluding tert-OH is 1. The molecule has 0 spiro atoms. The minimum absolute atomic E-state index is 0.460. The van der Waals surface area contributed by atoms with E-state index in [1.54, 1.807) is 13.3 Å². The van der Waals surface area contributed by atoms with Crippen LogP contribution in [0.3, 0.4) is 0 Å². The number of methoxy groups -OCH3 is 1. The van der Waals surface area contributed by atoms with Crippen LogP contribution in [-0.4, -0.2) is 23.3 Å². The number of aromatic nitrogens is 1. The Morgan fingerprint density at radius 1 is 1.29 bits per heavy atom. The fourth-order valence-corrected chi connectivity index (χ4v) is 2.95. The van der Waals surface area contributed by atoms with Crippen molar-refractivity contribution in [3.8, 4) is 5.75 Å². The Labute approximate surface area is 134 Å². The van der Waals surface area contributed by atoms with Crippen molar-refractivity contribution in [2.75, 3.05) is 7.11 Å². The van der Waals surface area contributed by atoms with Crippen molar-refractivity contribution < 1.29 is 9.84 Å². The Morgan fingerprint density at radius 2 is 2.05 bits per heavy atom. The van der Waals surface area contributed by atoms with Crippen molar-refractivity contribution in [1.82, 2.24) is 4.98 Å². The van der Waals surface area contributed by atoms with Gasteiger partial charge in [-0.25, -0.2) is 0 Å². The number of aliphatic hydroxyl groups is 1. The molecular formula is C17H20BrNO2. The quantitative estimate of drug-likeness (QED) is 0.896. The van der Waals surface area contributed by atoms with Gasteiger partial charge in [0.25, 0.3) is 0 Å². The van der Waals surface area contributed by atoms with Crippen molar-refractivity contribution in [1.29, 1.82) is 0 Å². The minimum Gasteiger partial charge on any atom is -0.496 e. The molecule has 0 saturated carbocycles. The zero-order chi connectivity index (χ0) is 15.4. The second kappa shape index (κ2) is 7.05. The van der Waals surface area contributed by atoms with Crippen LogP contribution >= 0.6 is 15.9 Å². The van der Waals surface area contributed by atoms with Crippen molar-refractivity contribution in [2.45, 2.75) is 32.8 Å². The van der Waals surface area contributed by atoms with Gasteiger partial charge in [0.15, 0.2) is 0 Å². The molecule has 0 aliphatic heterocycles. The minimum atomic E-state index is -0.460. The van der Waals surface area contributed by atoms with Gasteiger partial charge in [0.2, 0.25) is 0 Å². The van der Waals surface area contributed by atoms with E-state index in [9.17, 15) is 5.11 Å². The number of nitrogens with zero attached hydrogens (tertiary/aromatic N) is 1. The van der Waals surface area contributed by atoms with Crippen molar-refractivity contribution >= 4 is 15.9 Å². The highest BCUT2D eigenvalue weighted by Crippen LogP contribution is 2.25. The number of halogens is 1. The molecule has 3 nitrogen and oxygen atoms in total. The summed E-state index contributed by atoms with van der Waals surface area (Å²) in [5, 5.41) is 10.3. The second-order valence-corrected chi connectivity index (χ2v) is 6.15. The summed E-state index contributed by atoms with van der Waals surface area (Å²) in [6, 6.07) is 8.00. The number of benzene rings is 1. The molecule has 0 fully saturated rings. The van der Waals surface area contributed by atoms with Gasteiger partial charge in [-0.1, -0.05) is 28.1 Å². The number of aryl methyl sites for hydroxylation is 1. The lowest BCUT2D eigenvalue weighted by Gasteiger charge is -2.15. The first-order chi connectivity index (χ1) is 10.0. The van der Waals surface area contributed by atoms with E-state index in [0.717, 1.165) is 32.6 Å². The third-order valence-electron chi connectivity index (χ3n) is 3.54. The molecule has 2 aromatic rings. The molecule has 1 aromatic heterocycles. The van der Waals surface area contributed by atoms with E-state index >= 15 is 0 Å². The maximum absolute atomic E-state index is 10.3. The van der Waals surface area contributed by atoms with E-state index in [4.69, 9.17) is 4.74 Å². The molecule has 0 radical (unpaired) electrons. The Kier molecular flexibility index (Phi) is 5.37. The molecule has 1 aromatic carbocycles. The predicted octanol–water partition coefficient (Wildman–Crippen LogP) is 3.62. The van der Waals surface area contributed by atoms with Gasteiger partial charge in [-0.05, 0) is 38.0 Å². The van der Waals surface area contributed by atoms with Gasteiger partial charge in [0, 0.05) is 33.9 Å². The summed E-state index contributed by atoms with van der Waals surface area (Å²) in [5.41, 5.74) is 4.01. The van der Waals surface area contributed by atoms with Gasteiger partial charge in [0.1, 0.15) is 5.75 Å². The van der Waals surface area contributed by atoms with Crippen molar-refractivity contribution in [2.24, 2.45) is 0 Å². The van der Waals surface area contributed by atoms with Crippen LogP contribution in [0.15, 0.2) is 34.9 Å². The number of ether oxygens (including phenoxy) is 1. The van der Waals surface area contributed by atoms with Crippen LogP contribution in [0.1, 0.15) is 22.4 Å². The SMILES string of the molecule is COc1c(C)cnc(CC(O)Cc2cccc(Br)c2)c1C. The molecule has 1 N–H and O–H groups in total. The van der Waals surface area contributed by atoms with Gasteiger partial charge in [-0.3, -0.25) is 4.98 Å². The lowest BCUT2D eigenvalue weighted by atomic mass is 10.0. The molecule has 2 rings (SSSR count). The largest absolute Gasteiger partial charge is 0.496 e. The summed E-state index contributed by atoms with van der Waals surface area (Å²) in [4.78, 5) is 4.44. The van der Waals surface area contributed by atoms with Gasteiger partial charge >= 0.3 is 0 Å². The lowest BCUT2D eigenvalue weighted by Crippen LogP contribution is -2.16. The molecule has 1 heterocycles. The first-order valence-corrected chi connectivity index (χ1v) is 7.72. The predicted molar refractivity (Wildman–Crippen MR) is 87.8 cm³/mol. The van der Waals surface area contributed by atoms with E-state index in [0.29, 0.717) is 12.8 Å². The van der Waals surface area contributed by atoms with E-state index in [1.165, 1.54) is 0 Å². The molecule has 0 saturated heterocycles. The topological polar surface area (TPSA) is 42.4 Å². The van der Waals surface area contributed by atoms with Crippen molar-refractivity contribution in [3.63, 3.8) is 0 Å². The molecular weight excluding hydrogens is 330 g/mol. The highest BCUT2D eigenvalue weighted by atomic mass is 79.9. The number of pyridine rings is 1. The maximum atomic E-state index is 10.3. The van der Waals surface area contributed by atoms with Crippen LogP contribution in [0, 0.1) is 13.8 Å². The van der Waals surface area contributed by atoms with Gasteiger partial charge in [-0.2, -0.15) is 0 Å². The van der Waals surface area contributed by atoms with Crippen LogP contribution in [0.4, 0.5) is 0 Å². The van der Waals surface area contributed by atoms with Gasteiger partial charge < -0.3 is 9.84 Å². The third kappa shape index (κ3) is 4.05. The molecule has 0 bridgehead atoms. The maximum Gasteiger partial charge on any atom is 0.128 e. The molecule has 0 amide bonds. The van der Waals surface area contributed by atoms with Gasteiger partial charge in [-0.15, -0.1) is 0 Å². The monoisotopic (exact) mass is 349 g/mol. The fourth-order valence-electron chi connectivity index (χ4n) is 2.51. The number of hydrogen-bond acceptors (Lipinski definition) is 3. The van der Waals surface area contributed by atoms with Crippen LogP contribution in [0.25, 0.3) is 0 Å². The first-order valence-electron chi connectivity index (χ1n) is 6.93. The summed E-state index contributed by atoms with van der Waals surface area (Å²) in [6.07, 6.45) is 2.47. The Bertz CT molecular complexity index is 628. The normalized spacial score (nSPS) is 12.2. The molecule has 0 aliphatic rings. The average Bonchev–Trinajstić information content (AvgIpc) is 2.42. The summed E-state index contributed by atoms with van der Waals surface area (Å²) >= 11 is 3.45. The Morgan fingerprint density at radius 3 is 2.71 bits per heavy atom.